The Morgan fingerprint density at radius 2 is 2.39 bits per heavy atom. The molecule has 0 spiro atoms. The van der Waals surface area contributed by atoms with E-state index in [2.05, 4.69) is 10.3 Å². The van der Waals surface area contributed by atoms with Gasteiger partial charge in [-0.15, -0.1) is 0 Å². The largest absolute Gasteiger partial charge is 0.493 e. The predicted molar refractivity (Wildman–Crippen MR) is 69.8 cm³/mol. The quantitative estimate of drug-likeness (QED) is 0.901. The summed E-state index contributed by atoms with van der Waals surface area (Å²) in [7, 11) is 0. The number of piperidine rings is 1. The van der Waals surface area contributed by atoms with E-state index in [0.717, 1.165) is 36.4 Å². The Labute approximate surface area is 106 Å². The molecule has 0 amide bonds. The molecule has 1 aliphatic rings. The van der Waals surface area contributed by atoms with Crippen LogP contribution in [-0.2, 0) is 0 Å². The van der Waals surface area contributed by atoms with Gasteiger partial charge in [-0.3, -0.25) is 0 Å². The third-order valence-electron chi connectivity index (χ3n) is 3.45. The fourth-order valence-corrected chi connectivity index (χ4v) is 2.42. The van der Waals surface area contributed by atoms with Crippen LogP contribution < -0.4 is 10.1 Å². The van der Waals surface area contributed by atoms with Crippen molar-refractivity contribution < 1.29 is 9.15 Å². The van der Waals surface area contributed by atoms with Gasteiger partial charge in [0.2, 0.25) is 0 Å². The van der Waals surface area contributed by atoms with Crippen LogP contribution in [0, 0.1) is 0 Å². The third-order valence-corrected chi connectivity index (χ3v) is 3.45. The zero-order valence-corrected chi connectivity index (χ0v) is 10.4. The molecule has 96 valence electrons. The number of nitrogens with one attached hydrogen (secondary N) is 1. The highest BCUT2D eigenvalue weighted by Gasteiger charge is 2.12. The van der Waals surface area contributed by atoms with Crippen molar-refractivity contribution in [3.05, 3.63) is 24.6 Å². The van der Waals surface area contributed by atoms with Gasteiger partial charge in [-0.2, -0.15) is 0 Å². The summed E-state index contributed by atoms with van der Waals surface area (Å²) in [4.78, 5) is 4.12. The first kappa shape index (κ1) is 11.5. The molecule has 1 atom stereocenters. The van der Waals surface area contributed by atoms with Crippen LogP contribution in [0.5, 0.6) is 5.75 Å². The Balaban J connectivity index is 1.52. The van der Waals surface area contributed by atoms with Gasteiger partial charge in [0, 0.05) is 12.1 Å². The summed E-state index contributed by atoms with van der Waals surface area (Å²) in [6.45, 7) is 1.90. The van der Waals surface area contributed by atoms with E-state index in [1.165, 1.54) is 25.7 Å². The summed E-state index contributed by atoms with van der Waals surface area (Å²) >= 11 is 0. The van der Waals surface area contributed by atoms with Gasteiger partial charge in [-0.25, -0.2) is 4.98 Å². The molecule has 1 fully saturated rings. The summed E-state index contributed by atoms with van der Waals surface area (Å²) in [5.41, 5.74) is 1.65. The highest BCUT2D eigenvalue weighted by Crippen LogP contribution is 2.20. The van der Waals surface area contributed by atoms with Crippen LogP contribution in [-0.4, -0.2) is 24.2 Å². The van der Waals surface area contributed by atoms with E-state index in [-0.39, 0.29) is 0 Å². The minimum atomic E-state index is 0.620. The number of ether oxygens (including phenoxy) is 1. The topological polar surface area (TPSA) is 47.3 Å². The molecule has 2 aromatic rings. The monoisotopic (exact) mass is 246 g/mol. The molecule has 1 N–H and O–H groups in total. The number of benzene rings is 1. The smallest absolute Gasteiger partial charge is 0.181 e. The average molecular weight is 246 g/mol. The van der Waals surface area contributed by atoms with Crippen molar-refractivity contribution in [2.75, 3.05) is 13.2 Å². The minimum Gasteiger partial charge on any atom is -0.493 e. The molecule has 0 radical (unpaired) electrons. The molecular formula is C14H18N2O2. The highest BCUT2D eigenvalue weighted by atomic mass is 16.5. The lowest BCUT2D eigenvalue weighted by Gasteiger charge is -2.23. The summed E-state index contributed by atoms with van der Waals surface area (Å²) in [5, 5.41) is 3.52. The summed E-state index contributed by atoms with van der Waals surface area (Å²) < 4.78 is 11.0. The summed E-state index contributed by atoms with van der Waals surface area (Å²) in [6.07, 6.45) is 6.44. The van der Waals surface area contributed by atoms with E-state index < -0.39 is 0 Å². The van der Waals surface area contributed by atoms with Crippen molar-refractivity contribution >= 4 is 11.1 Å². The van der Waals surface area contributed by atoms with E-state index in [9.17, 15) is 0 Å². The van der Waals surface area contributed by atoms with Crippen molar-refractivity contribution in [1.29, 1.82) is 0 Å². The lowest BCUT2D eigenvalue weighted by Crippen LogP contribution is -2.35. The van der Waals surface area contributed by atoms with E-state index >= 15 is 0 Å². The van der Waals surface area contributed by atoms with Crippen LogP contribution in [0.15, 0.2) is 29.0 Å². The van der Waals surface area contributed by atoms with Crippen molar-refractivity contribution in [3.63, 3.8) is 0 Å². The van der Waals surface area contributed by atoms with Gasteiger partial charge in [-0.05, 0) is 37.9 Å². The Hall–Kier alpha value is -1.55. The molecule has 1 aromatic carbocycles. The van der Waals surface area contributed by atoms with Gasteiger partial charge in [0.05, 0.1) is 6.61 Å². The van der Waals surface area contributed by atoms with E-state index in [1.807, 2.05) is 18.2 Å². The molecule has 18 heavy (non-hydrogen) atoms. The number of oxazole rings is 1. The normalized spacial score (nSPS) is 20.1. The maximum Gasteiger partial charge on any atom is 0.181 e. The van der Waals surface area contributed by atoms with Gasteiger partial charge in [0.25, 0.3) is 0 Å². The second kappa shape index (κ2) is 5.40. The molecule has 0 bridgehead atoms. The number of rotatable bonds is 4. The van der Waals surface area contributed by atoms with Crippen molar-refractivity contribution in [2.45, 2.75) is 31.7 Å². The number of hydrogen-bond acceptors (Lipinski definition) is 4. The van der Waals surface area contributed by atoms with Gasteiger partial charge in [0.1, 0.15) is 11.3 Å². The Bertz CT molecular complexity index is 503. The number of nitrogens with zero attached hydrogens (tertiary/aromatic N) is 1. The first-order valence-electron chi connectivity index (χ1n) is 6.61. The van der Waals surface area contributed by atoms with Gasteiger partial charge < -0.3 is 14.5 Å². The fourth-order valence-electron chi connectivity index (χ4n) is 2.42. The highest BCUT2D eigenvalue weighted by molar-refractivity contribution is 5.73. The molecular weight excluding hydrogens is 228 g/mol. The second-order valence-corrected chi connectivity index (χ2v) is 4.77. The first-order chi connectivity index (χ1) is 8.92. The number of aromatic nitrogens is 1. The lowest BCUT2D eigenvalue weighted by atomic mass is 10.0. The van der Waals surface area contributed by atoms with Crippen LogP contribution in [0.4, 0.5) is 0 Å². The molecule has 4 nitrogen and oxygen atoms in total. The van der Waals surface area contributed by atoms with E-state index in [0.29, 0.717) is 6.04 Å². The maximum absolute atomic E-state index is 5.76. The van der Waals surface area contributed by atoms with Crippen molar-refractivity contribution in [3.8, 4) is 5.75 Å². The van der Waals surface area contributed by atoms with Gasteiger partial charge in [0.15, 0.2) is 12.0 Å². The Kier molecular flexibility index (Phi) is 3.46. The Morgan fingerprint density at radius 3 is 3.28 bits per heavy atom. The second-order valence-electron chi connectivity index (χ2n) is 4.77. The molecule has 3 rings (SSSR count). The van der Waals surface area contributed by atoms with Crippen LogP contribution in [0.2, 0.25) is 0 Å². The zero-order valence-electron chi connectivity index (χ0n) is 10.4. The average Bonchev–Trinajstić information content (AvgIpc) is 2.87. The number of hydrogen-bond donors (Lipinski definition) is 1. The van der Waals surface area contributed by atoms with E-state index in [4.69, 9.17) is 9.15 Å². The van der Waals surface area contributed by atoms with Crippen LogP contribution >= 0.6 is 0 Å². The van der Waals surface area contributed by atoms with Crippen molar-refractivity contribution in [1.82, 2.24) is 10.3 Å². The molecule has 2 heterocycles. The van der Waals surface area contributed by atoms with Crippen LogP contribution in [0.1, 0.15) is 25.7 Å². The lowest BCUT2D eigenvalue weighted by molar-refractivity contribution is 0.268. The molecule has 4 heteroatoms. The van der Waals surface area contributed by atoms with Crippen molar-refractivity contribution in [2.24, 2.45) is 0 Å². The fraction of sp³-hybridized carbons (Fsp3) is 0.500. The molecule has 1 saturated heterocycles. The number of fused-ring (bicyclic) bond motifs is 1. The minimum absolute atomic E-state index is 0.620. The molecule has 0 aliphatic carbocycles. The molecule has 1 aromatic heterocycles. The Morgan fingerprint density at radius 1 is 1.39 bits per heavy atom. The first-order valence-corrected chi connectivity index (χ1v) is 6.61. The summed E-state index contributed by atoms with van der Waals surface area (Å²) in [6, 6.07) is 6.38. The third kappa shape index (κ3) is 2.64. The predicted octanol–water partition coefficient (Wildman–Crippen LogP) is 2.74. The molecule has 1 aliphatic heterocycles. The standard InChI is InChI=1S/C14H18N2O2/c1-2-7-15-11(3-1)6-8-17-12-4-5-14-13(9-12)16-10-18-14/h4-5,9-11,15H,1-3,6-8H2. The maximum atomic E-state index is 5.76. The van der Waals surface area contributed by atoms with Gasteiger partial charge >= 0.3 is 0 Å². The summed E-state index contributed by atoms with van der Waals surface area (Å²) in [5.74, 6) is 0.868. The van der Waals surface area contributed by atoms with E-state index in [1.54, 1.807) is 0 Å². The molecule has 1 unspecified atom stereocenters. The zero-order chi connectivity index (χ0) is 12.2. The van der Waals surface area contributed by atoms with Gasteiger partial charge in [-0.1, -0.05) is 6.42 Å². The molecule has 0 saturated carbocycles. The van der Waals surface area contributed by atoms with Crippen LogP contribution in [0.25, 0.3) is 11.1 Å². The SMILES string of the molecule is c1nc2cc(OCCC3CCCCN3)ccc2o1. The van der Waals surface area contributed by atoms with Crippen LogP contribution in [0.3, 0.4) is 0 Å².